The molecular weight excluding hydrogens is 276 g/mol. The maximum absolute atomic E-state index is 14.2. The van der Waals surface area contributed by atoms with Crippen LogP contribution in [-0.2, 0) is 4.79 Å². The zero-order valence-corrected chi connectivity index (χ0v) is 13.2. The second-order valence-corrected chi connectivity index (χ2v) is 6.63. The van der Waals surface area contributed by atoms with Gasteiger partial charge in [0, 0.05) is 27.0 Å². The molecule has 2 aliphatic heterocycles. The monoisotopic (exact) mass is 305 g/mol. The van der Waals surface area contributed by atoms with Crippen molar-refractivity contribution in [1.29, 1.82) is 0 Å². The SMILES string of the molecule is CC(=O)NC1CCN(C2CCN(C(C)C)CC2)CC1(F)F.[HH]. The fraction of sp³-hybridized carbons (Fsp3) is 0.933. The molecule has 1 unspecified atom stereocenters. The van der Waals surface area contributed by atoms with Gasteiger partial charge < -0.3 is 10.2 Å². The molecule has 6 heteroatoms. The molecule has 124 valence electrons. The lowest BCUT2D eigenvalue weighted by atomic mass is 9.95. The van der Waals surface area contributed by atoms with Crippen molar-refractivity contribution in [3.8, 4) is 0 Å². The minimum absolute atomic E-state index is 0. The van der Waals surface area contributed by atoms with Crippen molar-refractivity contribution in [3.63, 3.8) is 0 Å². The number of piperidine rings is 2. The minimum atomic E-state index is -2.83. The van der Waals surface area contributed by atoms with Crippen LogP contribution in [0.15, 0.2) is 0 Å². The Morgan fingerprint density at radius 2 is 1.86 bits per heavy atom. The number of hydrogen-bond donors (Lipinski definition) is 1. The van der Waals surface area contributed by atoms with E-state index in [0.717, 1.165) is 25.9 Å². The molecule has 0 aliphatic carbocycles. The number of carbonyl (C=O) groups is 1. The Bertz CT molecular complexity index is 374. The van der Waals surface area contributed by atoms with Gasteiger partial charge in [0.25, 0.3) is 5.92 Å². The topological polar surface area (TPSA) is 35.6 Å². The third kappa shape index (κ3) is 4.13. The molecule has 2 heterocycles. The van der Waals surface area contributed by atoms with Crippen molar-refractivity contribution < 1.29 is 15.0 Å². The highest BCUT2D eigenvalue weighted by Crippen LogP contribution is 2.31. The molecule has 0 aromatic heterocycles. The maximum atomic E-state index is 14.2. The van der Waals surface area contributed by atoms with Gasteiger partial charge in [0.1, 0.15) is 0 Å². The Morgan fingerprint density at radius 3 is 2.33 bits per heavy atom. The van der Waals surface area contributed by atoms with Crippen molar-refractivity contribution in [2.45, 2.75) is 64.1 Å². The van der Waals surface area contributed by atoms with Crippen LogP contribution in [0.1, 0.15) is 41.5 Å². The summed E-state index contributed by atoms with van der Waals surface area (Å²) in [4.78, 5) is 15.3. The molecular formula is C15H29F2N3O. The third-order valence-electron chi connectivity index (χ3n) is 4.75. The summed E-state index contributed by atoms with van der Waals surface area (Å²) >= 11 is 0. The molecule has 1 atom stereocenters. The van der Waals surface area contributed by atoms with Crippen molar-refractivity contribution in [2.24, 2.45) is 0 Å². The van der Waals surface area contributed by atoms with Crippen molar-refractivity contribution in [2.75, 3.05) is 26.2 Å². The number of nitrogens with zero attached hydrogens (tertiary/aromatic N) is 2. The number of amides is 1. The summed E-state index contributed by atoms with van der Waals surface area (Å²) in [7, 11) is 0. The zero-order valence-electron chi connectivity index (χ0n) is 13.2. The van der Waals surface area contributed by atoms with E-state index >= 15 is 0 Å². The van der Waals surface area contributed by atoms with Gasteiger partial charge in [-0.15, -0.1) is 0 Å². The Labute approximate surface area is 127 Å². The number of nitrogens with one attached hydrogen (secondary N) is 1. The summed E-state index contributed by atoms with van der Waals surface area (Å²) in [6.07, 6.45) is 2.25. The number of likely N-dealkylation sites (tertiary alicyclic amines) is 2. The van der Waals surface area contributed by atoms with Crippen LogP contribution in [-0.4, -0.2) is 65.9 Å². The number of alkyl halides is 2. The van der Waals surface area contributed by atoms with Crippen molar-refractivity contribution in [1.82, 2.24) is 15.1 Å². The predicted octanol–water partition coefficient (Wildman–Crippen LogP) is 1.95. The lowest BCUT2D eigenvalue weighted by Crippen LogP contribution is -2.61. The number of hydrogen-bond acceptors (Lipinski definition) is 3. The number of halogens is 2. The summed E-state index contributed by atoms with van der Waals surface area (Å²) < 4.78 is 28.3. The van der Waals surface area contributed by atoms with Gasteiger partial charge >= 0.3 is 0 Å². The van der Waals surface area contributed by atoms with Gasteiger partial charge in [0.05, 0.1) is 12.6 Å². The Hall–Kier alpha value is -0.750. The maximum Gasteiger partial charge on any atom is 0.280 e. The average molecular weight is 305 g/mol. The fourth-order valence-corrected chi connectivity index (χ4v) is 3.47. The minimum Gasteiger partial charge on any atom is -0.347 e. The van der Waals surface area contributed by atoms with E-state index in [4.69, 9.17) is 0 Å². The first-order chi connectivity index (χ1) is 9.79. The zero-order chi connectivity index (χ0) is 15.6. The quantitative estimate of drug-likeness (QED) is 0.866. The van der Waals surface area contributed by atoms with E-state index in [-0.39, 0.29) is 19.9 Å². The average Bonchev–Trinajstić information content (AvgIpc) is 2.40. The van der Waals surface area contributed by atoms with Gasteiger partial charge in [0.2, 0.25) is 5.91 Å². The van der Waals surface area contributed by atoms with Crippen LogP contribution >= 0.6 is 0 Å². The molecule has 1 amide bonds. The summed E-state index contributed by atoms with van der Waals surface area (Å²) in [5, 5.41) is 2.39. The summed E-state index contributed by atoms with van der Waals surface area (Å²) in [6, 6.07) is -0.232. The second kappa shape index (κ2) is 6.57. The lowest BCUT2D eigenvalue weighted by Gasteiger charge is -2.45. The molecule has 0 radical (unpaired) electrons. The van der Waals surface area contributed by atoms with Crippen LogP contribution in [0.3, 0.4) is 0 Å². The van der Waals surface area contributed by atoms with Crippen LogP contribution in [0.4, 0.5) is 8.78 Å². The van der Waals surface area contributed by atoms with Crippen LogP contribution in [0.5, 0.6) is 0 Å². The molecule has 0 aromatic rings. The molecule has 21 heavy (non-hydrogen) atoms. The van der Waals surface area contributed by atoms with E-state index in [2.05, 4.69) is 24.1 Å². The predicted molar refractivity (Wildman–Crippen MR) is 80.6 cm³/mol. The summed E-state index contributed by atoms with van der Waals surface area (Å²) in [6.45, 7) is 8.03. The van der Waals surface area contributed by atoms with Crippen LogP contribution < -0.4 is 5.32 Å². The van der Waals surface area contributed by atoms with E-state index in [1.54, 1.807) is 0 Å². The molecule has 2 aliphatic rings. The Balaban J connectivity index is 0.00000242. The lowest BCUT2D eigenvalue weighted by molar-refractivity contribution is -0.131. The van der Waals surface area contributed by atoms with Crippen LogP contribution in [0.2, 0.25) is 0 Å². The molecule has 0 saturated carbocycles. The summed E-state index contributed by atoms with van der Waals surface area (Å²) in [5.41, 5.74) is 0. The smallest absolute Gasteiger partial charge is 0.280 e. The number of carbonyl (C=O) groups excluding carboxylic acids is 1. The third-order valence-corrected chi connectivity index (χ3v) is 4.75. The normalized spacial score (nSPS) is 28.8. The van der Waals surface area contributed by atoms with E-state index in [9.17, 15) is 13.6 Å². The molecule has 0 bridgehead atoms. The summed E-state index contributed by atoms with van der Waals surface area (Å²) in [5.74, 6) is -3.21. The first kappa shape index (κ1) is 16.6. The largest absolute Gasteiger partial charge is 0.347 e. The second-order valence-electron chi connectivity index (χ2n) is 6.63. The Kier molecular flexibility index (Phi) is 5.20. The van der Waals surface area contributed by atoms with Gasteiger partial charge in [-0.05, 0) is 46.2 Å². The first-order valence-electron chi connectivity index (χ1n) is 7.92. The van der Waals surface area contributed by atoms with E-state index in [0.29, 0.717) is 19.0 Å². The molecule has 2 fully saturated rings. The first-order valence-corrected chi connectivity index (χ1v) is 7.92. The molecule has 0 spiro atoms. The van der Waals surface area contributed by atoms with Gasteiger partial charge in [-0.2, -0.15) is 0 Å². The van der Waals surface area contributed by atoms with Gasteiger partial charge in [0.15, 0.2) is 0 Å². The van der Waals surface area contributed by atoms with Crippen LogP contribution in [0, 0.1) is 0 Å². The Morgan fingerprint density at radius 1 is 1.24 bits per heavy atom. The van der Waals surface area contributed by atoms with Crippen molar-refractivity contribution >= 4 is 5.91 Å². The van der Waals surface area contributed by atoms with E-state index < -0.39 is 12.0 Å². The highest BCUT2D eigenvalue weighted by Gasteiger charge is 2.46. The van der Waals surface area contributed by atoms with Gasteiger partial charge in [-0.25, -0.2) is 8.78 Å². The van der Waals surface area contributed by atoms with Gasteiger partial charge in [-0.3, -0.25) is 9.69 Å². The highest BCUT2D eigenvalue weighted by atomic mass is 19.3. The standard InChI is InChI=1S/C15H27F2N3O.H2/c1-11(2)19-7-4-13(5-8-19)20-9-6-14(18-12(3)21)15(16,17)10-20;/h11,13-14H,4-10H2,1-3H3,(H,18,21);1H. The molecule has 1 N–H and O–H groups in total. The molecule has 4 nitrogen and oxygen atoms in total. The van der Waals surface area contributed by atoms with Crippen molar-refractivity contribution in [3.05, 3.63) is 0 Å². The van der Waals surface area contributed by atoms with Crippen LogP contribution in [0.25, 0.3) is 0 Å². The van der Waals surface area contributed by atoms with E-state index in [1.165, 1.54) is 6.92 Å². The molecule has 0 aromatic carbocycles. The molecule has 2 rings (SSSR count). The number of rotatable bonds is 3. The van der Waals surface area contributed by atoms with Gasteiger partial charge in [-0.1, -0.05) is 0 Å². The highest BCUT2D eigenvalue weighted by molar-refractivity contribution is 5.73. The fourth-order valence-electron chi connectivity index (χ4n) is 3.47. The molecule has 2 saturated heterocycles. The van der Waals surface area contributed by atoms with E-state index in [1.807, 2.05) is 4.90 Å².